The maximum Gasteiger partial charge on any atom is 0.300 e. The number of rotatable bonds is 5. The molecule has 3 rings (SSSR count). The van der Waals surface area contributed by atoms with Crippen LogP contribution in [0.5, 0.6) is 0 Å². The molecule has 106 valence electrons. The number of nitrogens with one attached hydrogen (secondary N) is 1. The van der Waals surface area contributed by atoms with Crippen molar-refractivity contribution in [2.75, 3.05) is 12.3 Å². The highest BCUT2D eigenvalue weighted by Gasteiger charge is 2.53. The van der Waals surface area contributed by atoms with Crippen LogP contribution in [-0.2, 0) is 0 Å². The van der Waals surface area contributed by atoms with E-state index in [1.807, 2.05) is 0 Å². The number of hydrogen-bond acceptors (Lipinski definition) is 5. The average Bonchev–Trinajstić information content (AvgIpc) is 3.27. The number of carbonyl (C=O) groups is 1. The number of nitrogens with zero attached hydrogens (tertiary/aromatic N) is 2. The fourth-order valence-electron chi connectivity index (χ4n) is 2.73. The van der Waals surface area contributed by atoms with Gasteiger partial charge in [-0.05, 0) is 43.1 Å². The van der Waals surface area contributed by atoms with Gasteiger partial charge in [0.1, 0.15) is 17.6 Å². The molecule has 1 heterocycles. The minimum absolute atomic E-state index is 0.0194. The first-order chi connectivity index (χ1) is 9.52. The van der Waals surface area contributed by atoms with Gasteiger partial charge in [-0.25, -0.2) is 4.98 Å². The Morgan fingerprint density at radius 1 is 1.55 bits per heavy atom. The van der Waals surface area contributed by atoms with Crippen LogP contribution in [0.3, 0.4) is 0 Å². The molecule has 1 aromatic rings. The fourth-order valence-corrected chi connectivity index (χ4v) is 2.73. The second-order valence-electron chi connectivity index (χ2n) is 5.70. The molecule has 2 saturated carbocycles. The van der Waals surface area contributed by atoms with Crippen molar-refractivity contribution in [2.45, 2.75) is 25.7 Å². The van der Waals surface area contributed by atoms with Crippen molar-refractivity contribution in [2.24, 2.45) is 11.3 Å². The molecule has 2 aliphatic carbocycles. The third-order valence-electron chi connectivity index (χ3n) is 4.28. The van der Waals surface area contributed by atoms with Crippen molar-refractivity contribution in [3.05, 3.63) is 27.9 Å². The van der Waals surface area contributed by atoms with E-state index in [1.54, 1.807) is 0 Å². The maximum absolute atomic E-state index is 12.1. The molecule has 3 N–H and O–H groups in total. The SMILES string of the molecule is Nc1cc(C(=O)NCC2(C3CC3)CC2)c([N+](=O)[O-])cn1. The van der Waals surface area contributed by atoms with Crippen molar-refractivity contribution >= 4 is 17.4 Å². The number of carbonyl (C=O) groups excluding carboxylic acids is 1. The monoisotopic (exact) mass is 276 g/mol. The molecule has 2 aliphatic rings. The van der Waals surface area contributed by atoms with E-state index in [9.17, 15) is 14.9 Å². The third-order valence-corrected chi connectivity index (χ3v) is 4.28. The molecule has 0 aromatic carbocycles. The minimum Gasteiger partial charge on any atom is -0.384 e. The van der Waals surface area contributed by atoms with Gasteiger partial charge in [0.15, 0.2) is 0 Å². The molecule has 0 unspecified atom stereocenters. The summed E-state index contributed by atoms with van der Waals surface area (Å²) in [5.41, 5.74) is 5.43. The van der Waals surface area contributed by atoms with Crippen molar-refractivity contribution in [3.63, 3.8) is 0 Å². The molecule has 0 bridgehead atoms. The van der Waals surface area contributed by atoms with Crippen LogP contribution >= 0.6 is 0 Å². The summed E-state index contributed by atoms with van der Waals surface area (Å²) >= 11 is 0. The van der Waals surface area contributed by atoms with E-state index in [2.05, 4.69) is 10.3 Å². The summed E-state index contributed by atoms with van der Waals surface area (Å²) in [5.74, 6) is 0.377. The Hall–Kier alpha value is -2.18. The Balaban J connectivity index is 1.73. The lowest BCUT2D eigenvalue weighted by atomic mass is 10.0. The van der Waals surface area contributed by atoms with Crippen LogP contribution in [0.2, 0.25) is 0 Å². The second-order valence-corrected chi connectivity index (χ2v) is 5.70. The molecule has 0 radical (unpaired) electrons. The number of nitrogens with two attached hydrogens (primary N) is 1. The standard InChI is InChI=1S/C13H16N4O3/c14-11-5-9(10(6-15-11)17(19)20)12(18)16-7-13(3-4-13)8-1-2-8/h5-6,8H,1-4,7H2,(H2,14,15)(H,16,18). The normalized spacial score (nSPS) is 19.4. The van der Waals surface area contributed by atoms with Gasteiger partial charge in [-0.1, -0.05) is 0 Å². The maximum atomic E-state index is 12.1. The largest absolute Gasteiger partial charge is 0.384 e. The van der Waals surface area contributed by atoms with E-state index in [1.165, 1.54) is 18.9 Å². The smallest absolute Gasteiger partial charge is 0.300 e. The van der Waals surface area contributed by atoms with E-state index >= 15 is 0 Å². The lowest BCUT2D eigenvalue weighted by molar-refractivity contribution is -0.385. The molecule has 0 atom stereocenters. The number of nitrogen functional groups attached to an aromatic ring is 1. The number of pyridine rings is 1. The highest BCUT2D eigenvalue weighted by Crippen LogP contribution is 2.60. The Morgan fingerprint density at radius 2 is 2.25 bits per heavy atom. The number of anilines is 1. The molecule has 0 saturated heterocycles. The summed E-state index contributed by atoms with van der Waals surface area (Å²) in [5, 5.41) is 13.7. The lowest BCUT2D eigenvalue weighted by Crippen LogP contribution is -2.31. The van der Waals surface area contributed by atoms with Crippen LogP contribution in [0.15, 0.2) is 12.3 Å². The predicted molar refractivity (Wildman–Crippen MR) is 72.0 cm³/mol. The highest BCUT2D eigenvalue weighted by atomic mass is 16.6. The van der Waals surface area contributed by atoms with E-state index in [0.29, 0.717) is 6.54 Å². The lowest BCUT2D eigenvalue weighted by Gasteiger charge is -2.15. The van der Waals surface area contributed by atoms with Crippen LogP contribution < -0.4 is 11.1 Å². The quantitative estimate of drug-likeness (QED) is 0.625. The summed E-state index contributed by atoms with van der Waals surface area (Å²) in [6.07, 6.45) is 5.77. The van der Waals surface area contributed by atoms with Gasteiger partial charge >= 0.3 is 0 Å². The second kappa shape index (κ2) is 4.43. The number of amides is 1. The molecule has 1 amide bonds. The number of nitro groups is 1. The van der Waals surface area contributed by atoms with Crippen molar-refractivity contribution in [1.29, 1.82) is 0 Å². The first-order valence-corrected chi connectivity index (χ1v) is 6.70. The van der Waals surface area contributed by atoms with Gasteiger partial charge in [-0.2, -0.15) is 0 Å². The van der Waals surface area contributed by atoms with Crippen LogP contribution in [0, 0.1) is 21.4 Å². The summed E-state index contributed by atoms with van der Waals surface area (Å²) < 4.78 is 0. The Kier molecular flexibility index (Phi) is 2.84. The summed E-state index contributed by atoms with van der Waals surface area (Å²) in [4.78, 5) is 26.1. The van der Waals surface area contributed by atoms with Gasteiger partial charge in [0.2, 0.25) is 0 Å². The Morgan fingerprint density at radius 3 is 2.80 bits per heavy atom. The zero-order valence-corrected chi connectivity index (χ0v) is 11.0. The molecule has 7 heteroatoms. The molecule has 20 heavy (non-hydrogen) atoms. The minimum atomic E-state index is -0.616. The van der Waals surface area contributed by atoms with Crippen LogP contribution in [0.1, 0.15) is 36.0 Å². The molecule has 0 aliphatic heterocycles. The summed E-state index contributed by atoms with van der Waals surface area (Å²) in [6, 6.07) is 1.25. The van der Waals surface area contributed by atoms with Crippen LogP contribution in [-0.4, -0.2) is 22.4 Å². The topological polar surface area (TPSA) is 111 Å². The van der Waals surface area contributed by atoms with Crippen molar-refractivity contribution < 1.29 is 9.72 Å². The third kappa shape index (κ3) is 2.31. The zero-order chi connectivity index (χ0) is 14.3. The van der Waals surface area contributed by atoms with Gasteiger partial charge in [-0.3, -0.25) is 14.9 Å². The van der Waals surface area contributed by atoms with Gasteiger partial charge in [0.05, 0.1) is 4.92 Å². The van der Waals surface area contributed by atoms with E-state index in [-0.39, 0.29) is 22.5 Å². The Bertz CT molecular complexity index is 579. The van der Waals surface area contributed by atoms with Gasteiger partial charge in [0.25, 0.3) is 11.6 Å². The number of aromatic nitrogens is 1. The zero-order valence-electron chi connectivity index (χ0n) is 11.0. The van der Waals surface area contributed by atoms with Crippen molar-refractivity contribution in [1.82, 2.24) is 10.3 Å². The molecule has 2 fully saturated rings. The predicted octanol–water partition coefficient (Wildman–Crippen LogP) is 1.49. The van der Waals surface area contributed by atoms with Crippen LogP contribution in [0.4, 0.5) is 11.5 Å². The molecular weight excluding hydrogens is 260 g/mol. The van der Waals surface area contributed by atoms with Crippen molar-refractivity contribution in [3.8, 4) is 0 Å². The first kappa shape index (κ1) is 12.8. The van der Waals surface area contributed by atoms with Crippen LogP contribution in [0.25, 0.3) is 0 Å². The Labute approximate surface area is 115 Å². The molecule has 1 aromatic heterocycles. The summed E-state index contributed by atoms with van der Waals surface area (Å²) in [6.45, 7) is 0.593. The average molecular weight is 276 g/mol. The molecule has 0 spiro atoms. The highest BCUT2D eigenvalue weighted by molar-refractivity contribution is 5.98. The molecule has 7 nitrogen and oxygen atoms in total. The van der Waals surface area contributed by atoms with E-state index in [4.69, 9.17) is 5.73 Å². The van der Waals surface area contributed by atoms with E-state index in [0.717, 1.165) is 25.0 Å². The molecular formula is C13H16N4O3. The van der Waals surface area contributed by atoms with Gasteiger partial charge in [0, 0.05) is 6.54 Å². The first-order valence-electron chi connectivity index (χ1n) is 6.70. The van der Waals surface area contributed by atoms with Gasteiger partial charge < -0.3 is 11.1 Å². The summed E-state index contributed by atoms with van der Waals surface area (Å²) in [7, 11) is 0. The fraction of sp³-hybridized carbons (Fsp3) is 0.538. The number of hydrogen-bond donors (Lipinski definition) is 2. The van der Waals surface area contributed by atoms with E-state index < -0.39 is 10.8 Å². The van der Waals surface area contributed by atoms with Gasteiger partial charge in [-0.15, -0.1) is 0 Å².